The van der Waals surface area contributed by atoms with Crippen molar-refractivity contribution in [1.82, 2.24) is 10.6 Å². The van der Waals surface area contributed by atoms with Crippen LogP contribution in [0.15, 0.2) is 0 Å². The summed E-state index contributed by atoms with van der Waals surface area (Å²) in [4.78, 5) is 11.6. The van der Waals surface area contributed by atoms with Gasteiger partial charge in [0, 0.05) is 13.1 Å². The molecular formula is C9H16N2O. The lowest BCUT2D eigenvalue weighted by molar-refractivity contribution is -0.141. The third-order valence-corrected chi connectivity index (χ3v) is 3.07. The van der Waals surface area contributed by atoms with Crippen molar-refractivity contribution in [2.24, 2.45) is 11.3 Å². The molecule has 0 aromatic heterocycles. The van der Waals surface area contributed by atoms with E-state index in [1.807, 2.05) is 6.92 Å². The smallest absolute Gasteiger partial charge is 0.227 e. The quantitative estimate of drug-likeness (QED) is 0.615. The molecule has 2 saturated heterocycles. The number of nitrogens with one attached hydrogen (secondary N) is 2. The van der Waals surface area contributed by atoms with Gasteiger partial charge in [-0.05, 0) is 32.2 Å². The highest BCUT2D eigenvalue weighted by atomic mass is 16.2. The van der Waals surface area contributed by atoms with Gasteiger partial charge in [-0.15, -0.1) is 0 Å². The number of hydrogen-bond acceptors (Lipinski definition) is 2. The average molecular weight is 168 g/mol. The summed E-state index contributed by atoms with van der Waals surface area (Å²) >= 11 is 0. The fraction of sp³-hybridized carbons (Fsp3) is 0.889. The zero-order valence-electron chi connectivity index (χ0n) is 7.52. The molecule has 0 aromatic carbocycles. The van der Waals surface area contributed by atoms with E-state index >= 15 is 0 Å². The first-order chi connectivity index (χ1) is 5.77. The number of carbonyl (C=O) groups is 1. The highest BCUT2D eigenvalue weighted by Crippen LogP contribution is 2.47. The minimum Gasteiger partial charge on any atom is -0.356 e. The van der Waals surface area contributed by atoms with Gasteiger partial charge in [-0.2, -0.15) is 0 Å². The Kier molecular flexibility index (Phi) is 1.83. The van der Waals surface area contributed by atoms with Crippen LogP contribution in [-0.2, 0) is 4.79 Å². The fourth-order valence-electron chi connectivity index (χ4n) is 2.46. The van der Waals surface area contributed by atoms with E-state index < -0.39 is 0 Å². The standard InChI is InChI=1S/C9H16N2O/c1-2-11-8(12)9-3-7(4-9)5-10-6-9/h7,10H,2-6H2,1H3,(H,11,12). The molecule has 0 atom stereocenters. The molecule has 2 aliphatic heterocycles. The predicted octanol–water partition coefficient (Wildman–Crippen LogP) is 0.122. The van der Waals surface area contributed by atoms with Crippen LogP contribution >= 0.6 is 0 Å². The number of fused-ring (bicyclic) bond motifs is 2. The SMILES string of the molecule is CCNC(=O)C12CNCC(C1)C2. The highest BCUT2D eigenvalue weighted by Gasteiger charge is 2.51. The Hall–Kier alpha value is -0.570. The zero-order chi connectivity index (χ0) is 8.60. The molecule has 1 amide bonds. The Morgan fingerprint density at radius 3 is 2.92 bits per heavy atom. The molecule has 2 bridgehead atoms. The van der Waals surface area contributed by atoms with E-state index in [1.54, 1.807) is 0 Å². The Bertz CT molecular complexity index is 191. The van der Waals surface area contributed by atoms with Crippen molar-refractivity contribution in [3.05, 3.63) is 0 Å². The van der Waals surface area contributed by atoms with Crippen LogP contribution in [0.4, 0.5) is 0 Å². The summed E-state index contributed by atoms with van der Waals surface area (Å²) in [5, 5.41) is 6.22. The first kappa shape index (κ1) is 8.05. The molecule has 2 heterocycles. The van der Waals surface area contributed by atoms with Crippen LogP contribution in [0.3, 0.4) is 0 Å². The maximum absolute atomic E-state index is 11.6. The van der Waals surface area contributed by atoms with Crippen molar-refractivity contribution in [2.45, 2.75) is 19.8 Å². The molecule has 3 rings (SSSR count). The molecule has 68 valence electrons. The number of hydrogen-bond donors (Lipinski definition) is 2. The van der Waals surface area contributed by atoms with E-state index in [0.29, 0.717) is 0 Å². The Morgan fingerprint density at radius 1 is 1.67 bits per heavy atom. The second-order valence-electron chi connectivity index (χ2n) is 4.04. The van der Waals surface area contributed by atoms with Gasteiger partial charge in [0.25, 0.3) is 0 Å². The first-order valence-electron chi connectivity index (χ1n) is 4.76. The van der Waals surface area contributed by atoms with Crippen LogP contribution in [0.2, 0.25) is 0 Å². The third-order valence-electron chi connectivity index (χ3n) is 3.07. The van der Waals surface area contributed by atoms with Gasteiger partial charge < -0.3 is 10.6 Å². The van der Waals surface area contributed by atoms with Gasteiger partial charge >= 0.3 is 0 Å². The third kappa shape index (κ3) is 1.04. The molecule has 12 heavy (non-hydrogen) atoms. The molecule has 1 saturated carbocycles. The van der Waals surface area contributed by atoms with Gasteiger partial charge in [-0.1, -0.05) is 0 Å². The van der Waals surface area contributed by atoms with Crippen molar-refractivity contribution >= 4 is 5.91 Å². The van der Waals surface area contributed by atoms with E-state index in [4.69, 9.17) is 0 Å². The second kappa shape index (κ2) is 2.73. The Balaban J connectivity index is 1.98. The molecule has 0 unspecified atom stereocenters. The van der Waals surface area contributed by atoms with Crippen molar-refractivity contribution in [3.63, 3.8) is 0 Å². The lowest BCUT2D eigenvalue weighted by Gasteiger charge is -2.51. The maximum Gasteiger partial charge on any atom is 0.227 e. The molecular weight excluding hydrogens is 152 g/mol. The van der Waals surface area contributed by atoms with Crippen molar-refractivity contribution in [2.75, 3.05) is 19.6 Å². The first-order valence-corrected chi connectivity index (χ1v) is 4.76. The Morgan fingerprint density at radius 2 is 2.42 bits per heavy atom. The molecule has 3 fully saturated rings. The van der Waals surface area contributed by atoms with Crippen LogP contribution in [-0.4, -0.2) is 25.5 Å². The van der Waals surface area contributed by atoms with Crippen molar-refractivity contribution in [1.29, 1.82) is 0 Å². The van der Waals surface area contributed by atoms with E-state index in [-0.39, 0.29) is 11.3 Å². The van der Waals surface area contributed by atoms with Crippen LogP contribution in [0.25, 0.3) is 0 Å². The van der Waals surface area contributed by atoms with Gasteiger partial charge in [0.2, 0.25) is 5.91 Å². The lowest BCUT2D eigenvalue weighted by Crippen LogP contribution is -2.61. The van der Waals surface area contributed by atoms with Crippen LogP contribution < -0.4 is 10.6 Å². The molecule has 3 heteroatoms. The maximum atomic E-state index is 11.6. The monoisotopic (exact) mass is 168 g/mol. The summed E-state index contributed by atoms with van der Waals surface area (Å²) < 4.78 is 0. The van der Waals surface area contributed by atoms with E-state index in [0.717, 1.165) is 38.4 Å². The second-order valence-corrected chi connectivity index (χ2v) is 4.04. The van der Waals surface area contributed by atoms with Gasteiger partial charge in [0.1, 0.15) is 0 Å². The molecule has 0 spiro atoms. The molecule has 0 aromatic rings. The zero-order valence-corrected chi connectivity index (χ0v) is 7.52. The lowest BCUT2D eigenvalue weighted by atomic mass is 9.59. The summed E-state index contributed by atoms with van der Waals surface area (Å²) in [5.74, 6) is 1.02. The van der Waals surface area contributed by atoms with Crippen LogP contribution in [0.1, 0.15) is 19.8 Å². The summed E-state index contributed by atoms with van der Waals surface area (Å²) in [6.45, 7) is 4.72. The van der Waals surface area contributed by atoms with Crippen molar-refractivity contribution < 1.29 is 4.79 Å². The van der Waals surface area contributed by atoms with Gasteiger partial charge in [-0.25, -0.2) is 0 Å². The summed E-state index contributed by atoms with van der Waals surface area (Å²) in [7, 11) is 0. The predicted molar refractivity (Wildman–Crippen MR) is 46.7 cm³/mol. The molecule has 3 nitrogen and oxygen atoms in total. The van der Waals surface area contributed by atoms with Crippen molar-refractivity contribution in [3.8, 4) is 0 Å². The molecule has 0 radical (unpaired) electrons. The minimum absolute atomic E-state index is 0.0288. The summed E-state index contributed by atoms with van der Waals surface area (Å²) in [6, 6.07) is 0. The fourth-order valence-corrected chi connectivity index (χ4v) is 2.46. The van der Waals surface area contributed by atoms with E-state index in [9.17, 15) is 4.79 Å². The largest absolute Gasteiger partial charge is 0.356 e. The minimum atomic E-state index is -0.0288. The number of carbonyl (C=O) groups excluding carboxylic acids is 1. The average Bonchev–Trinajstić information content (AvgIpc) is 2.04. The van der Waals surface area contributed by atoms with E-state index in [2.05, 4.69) is 10.6 Å². The number of rotatable bonds is 2. The topological polar surface area (TPSA) is 41.1 Å². The van der Waals surface area contributed by atoms with E-state index in [1.165, 1.54) is 0 Å². The Labute approximate surface area is 72.9 Å². The normalized spacial score (nSPS) is 38.6. The van der Waals surface area contributed by atoms with Crippen LogP contribution in [0, 0.1) is 11.3 Å². The molecule has 1 aliphatic carbocycles. The summed E-state index contributed by atoms with van der Waals surface area (Å²) in [5.41, 5.74) is -0.0288. The highest BCUT2D eigenvalue weighted by molar-refractivity contribution is 5.84. The van der Waals surface area contributed by atoms with Gasteiger partial charge in [0.15, 0.2) is 0 Å². The van der Waals surface area contributed by atoms with Crippen LogP contribution in [0.5, 0.6) is 0 Å². The van der Waals surface area contributed by atoms with Gasteiger partial charge in [0.05, 0.1) is 5.41 Å². The van der Waals surface area contributed by atoms with Gasteiger partial charge in [-0.3, -0.25) is 4.79 Å². The number of piperidine rings is 2. The summed E-state index contributed by atoms with van der Waals surface area (Å²) in [6.07, 6.45) is 2.21. The molecule has 3 aliphatic rings. The molecule has 2 N–H and O–H groups in total. The number of amides is 1.